The quantitative estimate of drug-likeness (QED) is 0.0205. The average Bonchev–Trinajstić information content (AvgIpc) is 3.71. The summed E-state index contributed by atoms with van der Waals surface area (Å²) in [4.78, 5) is 38.0. The first-order chi connectivity index (χ1) is 42.9. The Morgan fingerprint density at radius 3 is 1.10 bits per heavy atom. The summed E-state index contributed by atoms with van der Waals surface area (Å²) in [5.41, 5.74) is 0. The van der Waals surface area contributed by atoms with E-state index in [1.165, 1.54) is 180 Å². The van der Waals surface area contributed by atoms with E-state index in [0.717, 1.165) is 122 Å². The summed E-state index contributed by atoms with van der Waals surface area (Å²) >= 11 is 0. The Kier molecular flexibility index (Phi) is 64.5. The van der Waals surface area contributed by atoms with E-state index in [2.05, 4.69) is 111 Å². The number of rotatable bonds is 67. The van der Waals surface area contributed by atoms with Gasteiger partial charge in [0.2, 0.25) is 5.91 Å². The number of phosphoric acid groups is 1. The Bertz CT molecular complexity index is 1830. The van der Waals surface area contributed by atoms with Gasteiger partial charge in [0, 0.05) is 12.8 Å². The number of phosphoric ester groups is 1. The van der Waals surface area contributed by atoms with Crippen LogP contribution >= 0.6 is 7.82 Å². The van der Waals surface area contributed by atoms with Crippen molar-refractivity contribution in [1.29, 1.82) is 0 Å². The third kappa shape index (κ3) is 67.3. The van der Waals surface area contributed by atoms with Gasteiger partial charge < -0.3 is 19.4 Å². The van der Waals surface area contributed by atoms with Crippen LogP contribution in [0.1, 0.15) is 335 Å². The second-order valence-corrected chi connectivity index (χ2v) is 27.5. The largest absolute Gasteiger partial charge is 0.472 e. The van der Waals surface area contributed by atoms with Gasteiger partial charge in [-0.2, -0.15) is 0 Å². The molecule has 88 heavy (non-hydrogen) atoms. The fourth-order valence-electron chi connectivity index (χ4n) is 10.6. The predicted molar refractivity (Wildman–Crippen MR) is 383 cm³/mol. The smallest absolute Gasteiger partial charge is 0.456 e. The highest BCUT2D eigenvalue weighted by molar-refractivity contribution is 7.47. The van der Waals surface area contributed by atoms with Crippen LogP contribution in [0.3, 0.4) is 0 Å². The minimum atomic E-state index is -4.47. The molecule has 0 aromatic carbocycles. The highest BCUT2D eigenvalue weighted by Gasteiger charge is 2.30. The van der Waals surface area contributed by atoms with Crippen LogP contribution in [0.25, 0.3) is 0 Å². The minimum Gasteiger partial charge on any atom is -0.456 e. The number of nitrogens with one attached hydrogen (secondary N) is 1. The van der Waals surface area contributed by atoms with Crippen molar-refractivity contribution in [3.63, 3.8) is 0 Å². The van der Waals surface area contributed by atoms with Crippen molar-refractivity contribution in [2.24, 2.45) is 0 Å². The van der Waals surface area contributed by atoms with Gasteiger partial charge in [0.15, 0.2) is 0 Å². The van der Waals surface area contributed by atoms with Crippen LogP contribution in [0, 0.1) is 0 Å². The minimum absolute atomic E-state index is 0.0340. The van der Waals surface area contributed by atoms with Crippen molar-refractivity contribution >= 4 is 19.7 Å². The molecular formula is C78H142N2O7P+. The van der Waals surface area contributed by atoms with Crippen LogP contribution in [-0.2, 0) is 27.9 Å². The molecule has 10 heteroatoms. The van der Waals surface area contributed by atoms with Gasteiger partial charge >= 0.3 is 13.8 Å². The number of hydrogen-bond acceptors (Lipinski definition) is 6. The standard InChI is InChI=1S/C78H141N2O7P/c1-7-10-13-16-19-22-25-28-30-32-34-36-38-40-42-44-46-48-50-52-55-58-61-64-67-70-77(81)79-75(74-86-88(83,84)85-73-72-80(4,5)6)76(69-66-63-60-57-54-27-24-21-18-15-12-9-3)87-78(82)71-68-65-62-59-56-53-51-49-47-45-43-41-39-37-35-33-31-29-26-23-20-17-14-11-8-2/h10,13,19,22,28-31,34,36,40,42,46,48,66,69,75-76H,7-9,11-12,14-18,20-21,23-27,32-33,35,37-39,41,43-45,47,49-65,67-68,70-74H2,1-6H3,(H-,79,81,83,84)/p+1/b13-10-,22-19-,30-28-,31-29+,36-34-,42-40-,48-46-,69-66+. The number of amides is 1. The maximum atomic E-state index is 13.6. The first kappa shape index (κ1) is 84.9. The molecule has 0 heterocycles. The molecule has 1 amide bonds. The fourth-order valence-corrected chi connectivity index (χ4v) is 11.3. The third-order valence-electron chi connectivity index (χ3n) is 16.3. The Labute approximate surface area is 545 Å². The van der Waals surface area contributed by atoms with Crippen LogP contribution < -0.4 is 5.32 Å². The summed E-state index contributed by atoms with van der Waals surface area (Å²) in [5, 5.41) is 3.07. The average molecular weight is 1250 g/mol. The maximum absolute atomic E-state index is 13.6. The molecule has 0 aromatic heterocycles. The number of allylic oxidation sites excluding steroid dienone is 15. The highest BCUT2D eigenvalue weighted by Crippen LogP contribution is 2.43. The number of nitrogens with zero attached hydrogens (tertiary/aromatic N) is 1. The normalized spacial score (nSPS) is 14.0. The lowest BCUT2D eigenvalue weighted by molar-refractivity contribution is -0.870. The molecule has 0 fully saturated rings. The SMILES string of the molecule is CC/C=C\C/C=C\C/C=C\C/C=C\C/C=C\C/C=C\CCCCCCCCC(=O)NC(COP(=O)(O)OCC[N+](C)(C)C)C(/C=C/CCCCCCCCCCCC)OC(=O)CCCCCCCCCCCCCCCCC/C=C/CCCCCCCC. The van der Waals surface area contributed by atoms with E-state index in [1.807, 2.05) is 33.3 Å². The molecule has 0 aliphatic rings. The number of ether oxygens (including phenoxy) is 1. The third-order valence-corrected chi connectivity index (χ3v) is 17.2. The molecule has 0 saturated heterocycles. The van der Waals surface area contributed by atoms with E-state index < -0.39 is 20.0 Å². The molecule has 3 atom stereocenters. The van der Waals surface area contributed by atoms with Crippen molar-refractivity contribution in [2.45, 2.75) is 348 Å². The van der Waals surface area contributed by atoms with Gasteiger partial charge in [-0.15, -0.1) is 0 Å². The van der Waals surface area contributed by atoms with Crippen molar-refractivity contribution in [2.75, 3.05) is 40.9 Å². The Balaban J connectivity index is 5.05. The molecule has 0 aliphatic heterocycles. The Hall–Kier alpha value is -3.07. The molecule has 0 aliphatic carbocycles. The monoisotopic (exact) mass is 1250 g/mol. The lowest BCUT2D eigenvalue weighted by Gasteiger charge is -2.27. The molecule has 3 unspecified atom stereocenters. The van der Waals surface area contributed by atoms with E-state index in [9.17, 15) is 19.0 Å². The maximum Gasteiger partial charge on any atom is 0.472 e. The number of esters is 1. The molecule has 0 radical (unpaired) electrons. The zero-order chi connectivity index (χ0) is 64.2. The fraction of sp³-hybridized carbons (Fsp3) is 0.769. The van der Waals surface area contributed by atoms with Crippen LogP contribution in [-0.4, -0.2) is 74.3 Å². The summed E-state index contributed by atoms with van der Waals surface area (Å²) < 4.78 is 30.9. The first-order valence-corrected chi connectivity index (χ1v) is 38.6. The number of carbonyl (C=O) groups excluding carboxylic acids is 2. The summed E-state index contributed by atoms with van der Waals surface area (Å²) in [7, 11) is 1.48. The second-order valence-electron chi connectivity index (χ2n) is 26.1. The lowest BCUT2D eigenvalue weighted by atomic mass is 10.0. The molecule has 2 N–H and O–H groups in total. The van der Waals surface area contributed by atoms with Crippen molar-refractivity contribution < 1.29 is 37.3 Å². The molecule has 0 bridgehead atoms. The number of quaternary nitrogens is 1. The first-order valence-electron chi connectivity index (χ1n) is 37.1. The Morgan fingerprint density at radius 1 is 0.409 bits per heavy atom. The second kappa shape index (κ2) is 66.8. The van der Waals surface area contributed by atoms with Crippen LogP contribution in [0.5, 0.6) is 0 Å². The topological polar surface area (TPSA) is 111 Å². The van der Waals surface area contributed by atoms with Crippen LogP contribution in [0.2, 0.25) is 0 Å². The molecule has 510 valence electrons. The van der Waals surface area contributed by atoms with Gasteiger partial charge in [-0.25, -0.2) is 4.57 Å². The van der Waals surface area contributed by atoms with Gasteiger partial charge in [0.25, 0.3) is 0 Å². The summed E-state index contributed by atoms with van der Waals surface area (Å²) in [6.07, 6.45) is 91.4. The van der Waals surface area contributed by atoms with E-state index in [4.69, 9.17) is 13.8 Å². The Morgan fingerprint density at radius 2 is 0.727 bits per heavy atom. The van der Waals surface area contributed by atoms with Gasteiger partial charge in [-0.3, -0.25) is 18.6 Å². The molecule has 0 spiro atoms. The lowest BCUT2D eigenvalue weighted by Crippen LogP contribution is -2.47. The van der Waals surface area contributed by atoms with Crippen molar-refractivity contribution in [1.82, 2.24) is 5.32 Å². The van der Waals surface area contributed by atoms with E-state index >= 15 is 0 Å². The van der Waals surface area contributed by atoms with Gasteiger partial charge in [0.05, 0.1) is 33.8 Å². The molecule has 0 saturated carbocycles. The predicted octanol–water partition coefficient (Wildman–Crippen LogP) is 23.8. The summed E-state index contributed by atoms with van der Waals surface area (Å²) in [6.45, 7) is 6.91. The molecule has 0 aromatic rings. The van der Waals surface area contributed by atoms with Crippen molar-refractivity contribution in [3.05, 3.63) is 97.2 Å². The van der Waals surface area contributed by atoms with Crippen LogP contribution in [0.4, 0.5) is 0 Å². The number of hydrogen-bond donors (Lipinski definition) is 2. The molecule has 0 rings (SSSR count). The number of likely N-dealkylation sites (N-methyl/N-ethyl adjacent to an activating group) is 1. The van der Waals surface area contributed by atoms with Crippen molar-refractivity contribution in [3.8, 4) is 0 Å². The number of unbranched alkanes of at least 4 members (excludes halogenated alkanes) is 37. The molecule has 9 nitrogen and oxygen atoms in total. The van der Waals surface area contributed by atoms with Crippen LogP contribution in [0.15, 0.2) is 97.2 Å². The summed E-state index contributed by atoms with van der Waals surface area (Å²) in [6, 6.07) is -0.862. The van der Waals surface area contributed by atoms with Gasteiger partial charge in [0.1, 0.15) is 19.3 Å². The van der Waals surface area contributed by atoms with E-state index in [1.54, 1.807) is 0 Å². The summed E-state index contributed by atoms with van der Waals surface area (Å²) in [5.74, 6) is -0.515. The highest BCUT2D eigenvalue weighted by atomic mass is 31.2. The zero-order valence-electron chi connectivity index (χ0n) is 58.5. The van der Waals surface area contributed by atoms with E-state index in [-0.39, 0.29) is 31.5 Å². The van der Waals surface area contributed by atoms with E-state index in [0.29, 0.717) is 17.4 Å². The van der Waals surface area contributed by atoms with Gasteiger partial charge in [-0.05, 0) is 109 Å². The molecular weight excluding hydrogens is 1110 g/mol. The zero-order valence-corrected chi connectivity index (χ0v) is 59.3. The number of carbonyl (C=O) groups is 2. The van der Waals surface area contributed by atoms with Gasteiger partial charge in [-0.1, -0.05) is 311 Å².